The van der Waals surface area contributed by atoms with Crippen molar-refractivity contribution < 1.29 is 27.1 Å². The molecule has 0 bridgehead atoms. The van der Waals surface area contributed by atoms with Crippen molar-refractivity contribution in [3.8, 4) is 21.6 Å². The third kappa shape index (κ3) is 2.91. The lowest BCUT2D eigenvalue weighted by atomic mass is 10.0. The van der Waals surface area contributed by atoms with Gasteiger partial charge in [-0.25, -0.2) is 22.4 Å². The van der Waals surface area contributed by atoms with Gasteiger partial charge < -0.3 is 4.74 Å². The summed E-state index contributed by atoms with van der Waals surface area (Å²) in [6, 6.07) is 9.78. The number of carbonyl (C=O) groups is 1. The molecule has 0 atom stereocenters. The summed E-state index contributed by atoms with van der Waals surface area (Å²) in [5.41, 5.74) is -1.61. The van der Waals surface area contributed by atoms with Crippen LogP contribution < -0.4 is 0 Å². The first-order chi connectivity index (χ1) is 12.0. The zero-order valence-electron chi connectivity index (χ0n) is 12.8. The van der Waals surface area contributed by atoms with E-state index in [4.69, 9.17) is 0 Å². The van der Waals surface area contributed by atoms with Crippen LogP contribution in [0.5, 0.6) is 0 Å². The van der Waals surface area contributed by atoms with Gasteiger partial charge in [0.1, 0.15) is 4.88 Å². The van der Waals surface area contributed by atoms with E-state index >= 15 is 0 Å². The summed E-state index contributed by atoms with van der Waals surface area (Å²) in [6.07, 6.45) is 0. The van der Waals surface area contributed by atoms with Crippen LogP contribution in [0, 0.1) is 23.3 Å². The Hall–Kier alpha value is -2.67. The minimum Gasteiger partial charge on any atom is -0.465 e. The molecular weight excluding hydrogens is 356 g/mol. The molecule has 0 N–H and O–H groups in total. The van der Waals surface area contributed by atoms with E-state index < -0.39 is 40.4 Å². The average molecular weight is 366 g/mol. The lowest BCUT2D eigenvalue weighted by Crippen LogP contribution is -2.02. The van der Waals surface area contributed by atoms with Crippen LogP contribution in [0.1, 0.15) is 9.67 Å². The molecule has 7 heteroatoms. The highest BCUT2D eigenvalue weighted by Gasteiger charge is 2.28. The van der Waals surface area contributed by atoms with Gasteiger partial charge in [-0.15, -0.1) is 11.3 Å². The predicted octanol–water partition coefficient (Wildman–Crippen LogP) is 5.43. The predicted molar refractivity (Wildman–Crippen MR) is 86.4 cm³/mol. The summed E-state index contributed by atoms with van der Waals surface area (Å²) in [5, 5.41) is 0. The summed E-state index contributed by atoms with van der Waals surface area (Å²) < 4.78 is 62.3. The van der Waals surface area contributed by atoms with Crippen molar-refractivity contribution in [3.63, 3.8) is 0 Å². The molecule has 0 unspecified atom stereocenters. The Kier molecular flexibility index (Phi) is 4.59. The van der Waals surface area contributed by atoms with Gasteiger partial charge in [0.05, 0.1) is 18.2 Å². The molecule has 3 rings (SSSR count). The maximum Gasteiger partial charge on any atom is 0.348 e. The monoisotopic (exact) mass is 366 g/mol. The number of ether oxygens (including phenoxy) is 1. The van der Waals surface area contributed by atoms with E-state index in [0.717, 1.165) is 7.11 Å². The van der Waals surface area contributed by atoms with Gasteiger partial charge in [0, 0.05) is 4.88 Å². The molecule has 0 saturated heterocycles. The molecule has 0 amide bonds. The number of thiophene rings is 1. The SMILES string of the molecule is COC(=O)c1ccc(-c2c(F)c(F)c(-c3ccccc3)c(F)c2F)s1. The summed E-state index contributed by atoms with van der Waals surface area (Å²) in [7, 11) is 1.15. The van der Waals surface area contributed by atoms with E-state index in [1.807, 2.05) is 0 Å². The minimum absolute atomic E-state index is 0.0169. The first-order valence-corrected chi connectivity index (χ1v) is 7.87. The third-order valence-corrected chi connectivity index (χ3v) is 4.65. The first-order valence-electron chi connectivity index (χ1n) is 7.05. The number of hydrogen-bond donors (Lipinski definition) is 0. The average Bonchev–Trinajstić information content (AvgIpc) is 3.10. The second-order valence-corrected chi connectivity index (χ2v) is 6.11. The Morgan fingerprint density at radius 2 is 1.40 bits per heavy atom. The molecule has 128 valence electrons. The second-order valence-electron chi connectivity index (χ2n) is 5.03. The Balaban J connectivity index is 2.20. The molecular formula is C18H10F4O2S. The highest BCUT2D eigenvalue weighted by atomic mass is 32.1. The number of hydrogen-bond acceptors (Lipinski definition) is 3. The van der Waals surface area contributed by atoms with Crippen LogP contribution in [0.2, 0.25) is 0 Å². The largest absolute Gasteiger partial charge is 0.465 e. The maximum atomic E-state index is 14.5. The van der Waals surface area contributed by atoms with Crippen molar-refractivity contribution in [2.75, 3.05) is 7.11 Å². The third-order valence-electron chi connectivity index (χ3n) is 3.56. The quantitative estimate of drug-likeness (QED) is 0.351. The Morgan fingerprint density at radius 1 is 0.840 bits per heavy atom. The van der Waals surface area contributed by atoms with E-state index in [-0.39, 0.29) is 15.3 Å². The van der Waals surface area contributed by atoms with E-state index in [2.05, 4.69) is 4.74 Å². The summed E-state index contributed by atoms with van der Waals surface area (Å²) >= 11 is 0.678. The van der Waals surface area contributed by atoms with Crippen molar-refractivity contribution in [2.24, 2.45) is 0 Å². The van der Waals surface area contributed by atoms with Crippen molar-refractivity contribution in [1.82, 2.24) is 0 Å². The standard InChI is InChI=1S/C18H10F4O2S/c1-24-18(23)11-8-7-10(25-11)13-16(21)14(19)12(15(20)17(13)22)9-5-3-2-4-6-9/h2-8H,1H3. The number of esters is 1. The van der Waals surface area contributed by atoms with E-state index in [0.29, 0.717) is 11.3 Å². The summed E-state index contributed by atoms with van der Waals surface area (Å²) in [4.78, 5) is 11.4. The number of halogens is 4. The van der Waals surface area contributed by atoms with Gasteiger partial charge in [0.15, 0.2) is 23.3 Å². The van der Waals surface area contributed by atoms with Crippen molar-refractivity contribution in [1.29, 1.82) is 0 Å². The smallest absolute Gasteiger partial charge is 0.348 e. The van der Waals surface area contributed by atoms with Gasteiger partial charge in [-0.05, 0) is 17.7 Å². The van der Waals surface area contributed by atoms with E-state index in [1.54, 1.807) is 6.07 Å². The Bertz CT molecular complexity index is 922. The lowest BCUT2D eigenvalue weighted by molar-refractivity contribution is 0.0606. The molecule has 3 aromatic rings. The zero-order chi connectivity index (χ0) is 18.1. The fourth-order valence-electron chi connectivity index (χ4n) is 2.39. The minimum atomic E-state index is -1.52. The van der Waals surface area contributed by atoms with Gasteiger partial charge >= 0.3 is 5.97 Å². The maximum absolute atomic E-state index is 14.5. The van der Waals surface area contributed by atoms with Crippen LogP contribution in [-0.2, 0) is 4.74 Å². The molecule has 0 saturated carbocycles. The first kappa shape index (κ1) is 17.2. The zero-order valence-corrected chi connectivity index (χ0v) is 13.6. The van der Waals surface area contributed by atoms with Crippen LogP contribution >= 0.6 is 11.3 Å². The highest BCUT2D eigenvalue weighted by molar-refractivity contribution is 7.17. The number of methoxy groups -OCH3 is 1. The van der Waals surface area contributed by atoms with Crippen molar-refractivity contribution in [3.05, 3.63) is 70.6 Å². The van der Waals surface area contributed by atoms with Crippen LogP contribution in [0.15, 0.2) is 42.5 Å². The molecule has 25 heavy (non-hydrogen) atoms. The normalized spacial score (nSPS) is 10.8. The molecule has 0 radical (unpaired) electrons. The van der Waals surface area contributed by atoms with Crippen molar-refractivity contribution in [2.45, 2.75) is 0 Å². The van der Waals surface area contributed by atoms with E-state index in [9.17, 15) is 22.4 Å². The molecule has 2 aromatic carbocycles. The van der Waals surface area contributed by atoms with Gasteiger partial charge in [-0.2, -0.15) is 0 Å². The lowest BCUT2D eigenvalue weighted by Gasteiger charge is -2.11. The van der Waals surface area contributed by atoms with Crippen LogP contribution in [-0.4, -0.2) is 13.1 Å². The van der Waals surface area contributed by atoms with Crippen molar-refractivity contribution >= 4 is 17.3 Å². The van der Waals surface area contributed by atoms with Gasteiger partial charge in [0.2, 0.25) is 0 Å². The fourth-order valence-corrected chi connectivity index (χ4v) is 3.35. The molecule has 0 aliphatic rings. The van der Waals surface area contributed by atoms with E-state index in [1.165, 1.54) is 36.4 Å². The van der Waals surface area contributed by atoms with Crippen LogP contribution in [0.3, 0.4) is 0 Å². The fraction of sp³-hybridized carbons (Fsp3) is 0.0556. The number of benzene rings is 2. The topological polar surface area (TPSA) is 26.3 Å². The summed E-state index contributed by atoms with van der Waals surface area (Å²) in [6.45, 7) is 0. The molecule has 1 aromatic heterocycles. The molecule has 2 nitrogen and oxygen atoms in total. The summed E-state index contributed by atoms with van der Waals surface area (Å²) in [5.74, 6) is -6.73. The Morgan fingerprint density at radius 3 is 1.96 bits per heavy atom. The van der Waals surface area contributed by atoms with Gasteiger partial charge in [-0.3, -0.25) is 0 Å². The molecule has 1 heterocycles. The number of carbonyl (C=O) groups excluding carboxylic acids is 1. The molecule has 0 aliphatic carbocycles. The van der Waals surface area contributed by atoms with Crippen LogP contribution in [0.25, 0.3) is 21.6 Å². The van der Waals surface area contributed by atoms with Gasteiger partial charge in [0.25, 0.3) is 0 Å². The molecule has 0 spiro atoms. The number of rotatable bonds is 3. The van der Waals surface area contributed by atoms with Gasteiger partial charge in [-0.1, -0.05) is 30.3 Å². The molecule has 0 aliphatic heterocycles. The van der Waals surface area contributed by atoms with Crippen LogP contribution in [0.4, 0.5) is 17.6 Å². The second kappa shape index (κ2) is 6.68. The molecule has 0 fully saturated rings. The Labute approximate surface area is 144 Å². The highest BCUT2D eigenvalue weighted by Crippen LogP contribution is 2.39.